The highest BCUT2D eigenvalue weighted by Gasteiger charge is 2.19. The van der Waals surface area contributed by atoms with Gasteiger partial charge in [0.1, 0.15) is 11.6 Å². The summed E-state index contributed by atoms with van der Waals surface area (Å²) in [5.41, 5.74) is 0.528. The fraction of sp³-hybridized carbons (Fsp3) is 0.211. The van der Waals surface area contributed by atoms with Crippen molar-refractivity contribution < 1.29 is 28.2 Å². The lowest BCUT2D eigenvalue weighted by molar-refractivity contribution is -0.155. The minimum atomic E-state index is -1.12. The molecule has 0 radical (unpaired) electrons. The summed E-state index contributed by atoms with van der Waals surface area (Å²) in [6.45, 7) is 2.41. The second-order valence-corrected chi connectivity index (χ2v) is 5.47. The van der Waals surface area contributed by atoms with Gasteiger partial charge in [0, 0.05) is 5.56 Å². The van der Waals surface area contributed by atoms with Gasteiger partial charge in [0.25, 0.3) is 5.91 Å². The molecular weight excluding hydrogens is 341 g/mol. The van der Waals surface area contributed by atoms with E-state index in [-0.39, 0.29) is 11.5 Å². The maximum absolute atomic E-state index is 13.5. The molecule has 0 aliphatic rings. The Morgan fingerprint density at radius 2 is 1.73 bits per heavy atom. The molecule has 1 N–H and O–H groups in total. The first-order valence-electron chi connectivity index (χ1n) is 7.85. The van der Waals surface area contributed by atoms with E-state index >= 15 is 0 Å². The zero-order chi connectivity index (χ0) is 19.1. The molecule has 0 unspecified atom stereocenters. The number of hydrogen-bond acceptors (Lipinski definition) is 5. The first kappa shape index (κ1) is 19.1. The van der Waals surface area contributed by atoms with Crippen molar-refractivity contribution in [2.75, 3.05) is 11.9 Å². The van der Waals surface area contributed by atoms with Crippen LogP contribution >= 0.6 is 0 Å². The molecule has 2 aromatic carbocycles. The average molecular weight is 359 g/mol. The lowest BCUT2D eigenvalue weighted by atomic mass is 10.1. The molecule has 0 heterocycles. The molecule has 7 heteroatoms. The molecule has 1 atom stereocenters. The van der Waals surface area contributed by atoms with Crippen LogP contribution in [0.4, 0.5) is 10.1 Å². The molecule has 0 spiro atoms. The number of hydrogen-bond donors (Lipinski definition) is 1. The van der Waals surface area contributed by atoms with E-state index in [9.17, 15) is 18.8 Å². The lowest BCUT2D eigenvalue weighted by Gasteiger charge is -2.14. The highest BCUT2D eigenvalue weighted by molar-refractivity contribution is 5.95. The highest BCUT2D eigenvalue weighted by atomic mass is 19.1. The monoisotopic (exact) mass is 359 g/mol. The van der Waals surface area contributed by atoms with Crippen molar-refractivity contribution in [3.8, 4) is 5.75 Å². The lowest BCUT2D eigenvalue weighted by Crippen LogP contribution is -2.31. The molecule has 0 aromatic heterocycles. The summed E-state index contributed by atoms with van der Waals surface area (Å²) in [4.78, 5) is 34.9. The van der Waals surface area contributed by atoms with Crippen molar-refractivity contribution >= 4 is 23.3 Å². The average Bonchev–Trinajstić information content (AvgIpc) is 2.62. The van der Waals surface area contributed by atoms with Gasteiger partial charge in [-0.25, -0.2) is 9.18 Å². The van der Waals surface area contributed by atoms with Gasteiger partial charge >= 0.3 is 5.97 Å². The summed E-state index contributed by atoms with van der Waals surface area (Å²) in [7, 11) is 0. The van der Waals surface area contributed by atoms with Crippen LogP contribution < -0.4 is 10.1 Å². The highest BCUT2D eigenvalue weighted by Crippen LogP contribution is 2.14. The van der Waals surface area contributed by atoms with Gasteiger partial charge in [0.05, 0.1) is 5.69 Å². The second kappa shape index (κ2) is 8.75. The summed E-state index contributed by atoms with van der Waals surface area (Å²) in [5, 5.41) is 2.34. The van der Waals surface area contributed by atoms with E-state index in [4.69, 9.17) is 9.47 Å². The summed E-state index contributed by atoms with van der Waals surface area (Å²) < 4.78 is 23.7. The van der Waals surface area contributed by atoms with Gasteiger partial charge in [0.2, 0.25) is 0 Å². The molecule has 2 aromatic rings. The maximum Gasteiger partial charge on any atom is 0.344 e. The van der Waals surface area contributed by atoms with Gasteiger partial charge in [-0.15, -0.1) is 0 Å². The Balaban J connectivity index is 1.82. The smallest absolute Gasteiger partial charge is 0.344 e. The number of Topliss-reactive ketones (excluding diaryl/α,β-unsaturated/α-hetero) is 1. The van der Waals surface area contributed by atoms with E-state index in [1.54, 1.807) is 30.3 Å². The van der Waals surface area contributed by atoms with Crippen molar-refractivity contribution in [3.05, 3.63) is 59.9 Å². The first-order chi connectivity index (χ1) is 12.4. The first-order valence-corrected chi connectivity index (χ1v) is 7.85. The fourth-order valence-electron chi connectivity index (χ4n) is 2.01. The minimum absolute atomic E-state index is 0.00205. The van der Waals surface area contributed by atoms with Gasteiger partial charge in [0.15, 0.2) is 18.5 Å². The van der Waals surface area contributed by atoms with E-state index in [0.717, 1.165) is 0 Å². The summed E-state index contributed by atoms with van der Waals surface area (Å²) in [6, 6.07) is 11.9. The second-order valence-electron chi connectivity index (χ2n) is 5.47. The number of esters is 1. The number of ether oxygens (including phenoxy) is 2. The van der Waals surface area contributed by atoms with Crippen molar-refractivity contribution in [2.45, 2.75) is 20.0 Å². The number of carbonyl (C=O) groups excluding carboxylic acids is 3. The molecule has 0 fully saturated rings. The van der Waals surface area contributed by atoms with Gasteiger partial charge < -0.3 is 14.8 Å². The minimum Gasteiger partial charge on any atom is -0.482 e. The summed E-state index contributed by atoms with van der Waals surface area (Å²) in [6.07, 6.45) is -1.12. The van der Waals surface area contributed by atoms with Crippen LogP contribution in [0, 0.1) is 5.82 Å². The van der Waals surface area contributed by atoms with Gasteiger partial charge in [-0.1, -0.05) is 12.1 Å². The molecule has 136 valence electrons. The van der Waals surface area contributed by atoms with E-state index in [0.29, 0.717) is 11.3 Å². The van der Waals surface area contributed by atoms with Crippen LogP contribution in [0.5, 0.6) is 5.75 Å². The molecule has 0 bridgehead atoms. The van der Waals surface area contributed by atoms with E-state index in [1.807, 2.05) is 0 Å². The molecule has 1 amide bonds. The number of para-hydroxylation sites is 1. The third kappa shape index (κ3) is 5.41. The van der Waals surface area contributed by atoms with Crippen LogP contribution in [0.1, 0.15) is 24.2 Å². The number of benzene rings is 2. The largest absolute Gasteiger partial charge is 0.482 e. The van der Waals surface area contributed by atoms with E-state index in [1.165, 1.54) is 32.0 Å². The Kier molecular flexibility index (Phi) is 6.43. The number of halogens is 1. The third-order valence-corrected chi connectivity index (χ3v) is 3.43. The van der Waals surface area contributed by atoms with Crippen LogP contribution in [0.25, 0.3) is 0 Å². The van der Waals surface area contributed by atoms with Crippen molar-refractivity contribution in [1.82, 2.24) is 0 Å². The van der Waals surface area contributed by atoms with Crippen LogP contribution in [0.3, 0.4) is 0 Å². The normalized spacial score (nSPS) is 11.3. The van der Waals surface area contributed by atoms with Gasteiger partial charge in [-0.2, -0.15) is 0 Å². The molecule has 0 saturated carbocycles. The molecule has 26 heavy (non-hydrogen) atoms. The summed E-state index contributed by atoms with van der Waals surface area (Å²) in [5.74, 6) is -1.69. The Morgan fingerprint density at radius 3 is 2.35 bits per heavy atom. The predicted octanol–water partition coefficient (Wildman–Crippen LogP) is 2.98. The Bertz CT molecular complexity index is 804. The summed E-state index contributed by atoms with van der Waals surface area (Å²) >= 11 is 0. The fourth-order valence-corrected chi connectivity index (χ4v) is 2.01. The standard InChI is InChI=1S/C19H18FNO5/c1-12(22)14-7-9-15(10-8-14)25-11-18(23)26-13(2)19(24)21-17-6-4-3-5-16(17)20/h3-10,13H,11H2,1-2H3,(H,21,24)/t13-/m0/s1. The zero-order valence-electron chi connectivity index (χ0n) is 14.3. The number of carbonyl (C=O) groups is 3. The maximum atomic E-state index is 13.5. The molecule has 0 saturated heterocycles. The van der Waals surface area contributed by atoms with Crippen LogP contribution in [-0.2, 0) is 14.3 Å². The molecule has 0 aliphatic carbocycles. The number of anilines is 1. The van der Waals surface area contributed by atoms with Crippen molar-refractivity contribution in [2.24, 2.45) is 0 Å². The third-order valence-electron chi connectivity index (χ3n) is 3.43. The molecule has 2 rings (SSSR count). The SMILES string of the molecule is CC(=O)c1ccc(OCC(=O)O[C@@H](C)C(=O)Nc2ccccc2F)cc1. The zero-order valence-corrected chi connectivity index (χ0v) is 14.3. The number of rotatable bonds is 7. The predicted molar refractivity (Wildman–Crippen MR) is 92.5 cm³/mol. The quantitative estimate of drug-likeness (QED) is 0.607. The number of ketones is 1. The Morgan fingerprint density at radius 1 is 1.08 bits per heavy atom. The number of nitrogens with one attached hydrogen (secondary N) is 1. The molecule has 6 nitrogen and oxygen atoms in total. The topological polar surface area (TPSA) is 81.7 Å². The van der Waals surface area contributed by atoms with Crippen LogP contribution in [-0.4, -0.2) is 30.4 Å². The van der Waals surface area contributed by atoms with Gasteiger partial charge in [-0.3, -0.25) is 9.59 Å². The number of amides is 1. The van der Waals surface area contributed by atoms with Gasteiger partial charge in [-0.05, 0) is 50.2 Å². The van der Waals surface area contributed by atoms with Crippen molar-refractivity contribution in [3.63, 3.8) is 0 Å². The van der Waals surface area contributed by atoms with Crippen LogP contribution in [0.15, 0.2) is 48.5 Å². The molecule has 0 aliphatic heterocycles. The molecular formula is C19H18FNO5. The van der Waals surface area contributed by atoms with Crippen molar-refractivity contribution in [1.29, 1.82) is 0 Å². The van der Waals surface area contributed by atoms with E-state index in [2.05, 4.69) is 5.32 Å². The Labute approximate surface area is 149 Å². The van der Waals surface area contributed by atoms with Crippen LogP contribution in [0.2, 0.25) is 0 Å². The van der Waals surface area contributed by atoms with E-state index < -0.39 is 30.4 Å². The Hall–Kier alpha value is -3.22.